The molecule has 2 nitrogen and oxygen atoms in total. The monoisotopic (exact) mass is 250 g/mol. The minimum Gasteiger partial charge on any atom is -0.308 e. The second-order valence-corrected chi connectivity index (χ2v) is 6.83. The summed E-state index contributed by atoms with van der Waals surface area (Å²) in [4.78, 5) is 4.51. The Balaban J connectivity index is 1.52. The van der Waals surface area contributed by atoms with E-state index in [1.54, 1.807) is 11.3 Å². The van der Waals surface area contributed by atoms with Crippen LogP contribution in [0.2, 0.25) is 0 Å². The van der Waals surface area contributed by atoms with E-state index in [2.05, 4.69) is 29.5 Å². The van der Waals surface area contributed by atoms with Gasteiger partial charge in [-0.3, -0.25) is 0 Å². The van der Waals surface area contributed by atoms with Gasteiger partial charge in [0.2, 0.25) is 0 Å². The van der Waals surface area contributed by atoms with Gasteiger partial charge in [-0.2, -0.15) is 0 Å². The number of aryl methyl sites for hydroxylation is 1. The van der Waals surface area contributed by atoms with Crippen LogP contribution < -0.4 is 5.32 Å². The molecule has 0 aliphatic heterocycles. The van der Waals surface area contributed by atoms with Gasteiger partial charge in [0.25, 0.3) is 0 Å². The molecule has 2 bridgehead atoms. The van der Waals surface area contributed by atoms with Crippen LogP contribution in [0.25, 0.3) is 0 Å². The normalized spacial score (nSPS) is 33.2. The predicted octanol–water partition coefficient (Wildman–Crippen LogP) is 3.37. The van der Waals surface area contributed by atoms with Gasteiger partial charge in [0, 0.05) is 23.7 Å². The van der Waals surface area contributed by atoms with Gasteiger partial charge in [0.05, 0.1) is 0 Å². The van der Waals surface area contributed by atoms with E-state index in [1.807, 2.05) is 0 Å². The van der Waals surface area contributed by atoms with E-state index in [0.29, 0.717) is 6.04 Å². The summed E-state index contributed by atoms with van der Waals surface area (Å²) in [5.74, 6) is 2.99. The molecule has 0 aromatic carbocycles. The highest BCUT2D eigenvalue weighted by molar-refractivity contribution is 7.09. The first-order chi connectivity index (χ1) is 8.22. The van der Waals surface area contributed by atoms with Crippen LogP contribution in [0.1, 0.15) is 43.3 Å². The van der Waals surface area contributed by atoms with Crippen molar-refractivity contribution in [1.82, 2.24) is 10.3 Å². The summed E-state index contributed by atoms with van der Waals surface area (Å²) in [7, 11) is 0. The number of aromatic nitrogens is 1. The maximum absolute atomic E-state index is 4.51. The van der Waals surface area contributed by atoms with Crippen molar-refractivity contribution in [2.24, 2.45) is 17.8 Å². The fourth-order valence-electron chi connectivity index (χ4n) is 3.79. The standard InChI is InChI=1S/C14H22N2S/c1-9-8-17-14(16-9)7-15-10(2)13-6-11-3-4-12(13)5-11/h8,10-13,15H,3-7H2,1-2H3. The summed E-state index contributed by atoms with van der Waals surface area (Å²) in [6.45, 7) is 5.39. The molecule has 1 N–H and O–H groups in total. The van der Waals surface area contributed by atoms with Crippen LogP contribution >= 0.6 is 11.3 Å². The lowest BCUT2D eigenvalue weighted by atomic mass is 9.84. The molecule has 2 fully saturated rings. The van der Waals surface area contributed by atoms with Gasteiger partial charge in [-0.1, -0.05) is 6.42 Å². The Morgan fingerprint density at radius 2 is 2.35 bits per heavy atom. The van der Waals surface area contributed by atoms with Crippen molar-refractivity contribution in [3.05, 3.63) is 16.1 Å². The Hall–Kier alpha value is -0.410. The predicted molar refractivity (Wildman–Crippen MR) is 72.1 cm³/mol. The summed E-state index contributed by atoms with van der Waals surface area (Å²) < 4.78 is 0. The fourth-order valence-corrected chi connectivity index (χ4v) is 4.51. The molecule has 3 rings (SSSR count). The third-order valence-electron chi connectivity index (χ3n) is 4.68. The van der Waals surface area contributed by atoms with E-state index in [0.717, 1.165) is 30.0 Å². The van der Waals surface area contributed by atoms with Gasteiger partial charge in [0.1, 0.15) is 5.01 Å². The molecule has 0 saturated heterocycles. The number of hydrogen-bond acceptors (Lipinski definition) is 3. The summed E-state index contributed by atoms with van der Waals surface area (Å²) in [5, 5.41) is 7.06. The van der Waals surface area contributed by atoms with E-state index >= 15 is 0 Å². The highest BCUT2D eigenvalue weighted by Gasteiger charge is 2.41. The molecule has 2 aliphatic carbocycles. The Kier molecular flexibility index (Phi) is 3.22. The molecule has 1 aromatic heterocycles. The Bertz CT molecular complexity index is 387. The molecule has 3 heteroatoms. The van der Waals surface area contributed by atoms with E-state index in [-0.39, 0.29) is 0 Å². The summed E-state index contributed by atoms with van der Waals surface area (Å²) in [6.07, 6.45) is 5.96. The lowest BCUT2D eigenvalue weighted by molar-refractivity contribution is 0.259. The summed E-state index contributed by atoms with van der Waals surface area (Å²) in [5.41, 5.74) is 1.15. The molecule has 4 unspecified atom stereocenters. The third kappa shape index (κ3) is 2.41. The minimum absolute atomic E-state index is 0.662. The molecule has 17 heavy (non-hydrogen) atoms. The van der Waals surface area contributed by atoms with Crippen molar-refractivity contribution in [3.8, 4) is 0 Å². The van der Waals surface area contributed by atoms with Crippen LogP contribution in [-0.2, 0) is 6.54 Å². The number of rotatable bonds is 4. The van der Waals surface area contributed by atoms with Crippen molar-refractivity contribution in [3.63, 3.8) is 0 Å². The van der Waals surface area contributed by atoms with Crippen LogP contribution in [0, 0.1) is 24.7 Å². The maximum Gasteiger partial charge on any atom is 0.107 e. The molecule has 2 saturated carbocycles. The first-order valence-electron chi connectivity index (χ1n) is 6.87. The lowest BCUT2D eigenvalue weighted by Crippen LogP contribution is -2.35. The topological polar surface area (TPSA) is 24.9 Å². The number of fused-ring (bicyclic) bond motifs is 2. The van der Waals surface area contributed by atoms with E-state index in [9.17, 15) is 0 Å². The van der Waals surface area contributed by atoms with Crippen molar-refractivity contribution in [2.75, 3.05) is 0 Å². The molecule has 94 valence electrons. The van der Waals surface area contributed by atoms with Crippen molar-refractivity contribution < 1.29 is 0 Å². The van der Waals surface area contributed by atoms with E-state index in [4.69, 9.17) is 0 Å². The number of nitrogens with zero attached hydrogens (tertiary/aromatic N) is 1. The van der Waals surface area contributed by atoms with Crippen molar-refractivity contribution in [2.45, 2.75) is 52.1 Å². The van der Waals surface area contributed by atoms with Gasteiger partial charge < -0.3 is 5.32 Å². The second-order valence-electron chi connectivity index (χ2n) is 5.89. The van der Waals surface area contributed by atoms with Gasteiger partial charge >= 0.3 is 0 Å². The van der Waals surface area contributed by atoms with Crippen LogP contribution in [0.5, 0.6) is 0 Å². The van der Waals surface area contributed by atoms with E-state index < -0.39 is 0 Å². The molecule has 1 heterocycles. The Morgan fingerprint density at radius 1 is 1.47 bits per heavy atom. The molecule has 0 amide bonds. The third-order valence-corrected chi connectivity index (χ3v) is 5.64. The van der Waals surface area contributed by atoms with Crippen LogP contribution in [0.4, 0.5) is 0 Å². The van der Waals surface area contributed by atoms with Gasteiger partial charge in [-0.15, -0.1) is 11.3 Å². The number of hydrogen-bond donors (Lipinski definition) is 1. The maximum atomic E-state index is 4.51. The first-order valence-corrected chi connectivity index (χ1v) is 7.74. The second kappa shape index (κ2) is 4.69. The first kappa shape index (κ1) is 11.7. The largest absolute Gasteiger partial charge is 0.308 e. The average Bonchev–Trinajstić information content (AvgIpc) is 3.01. The fraction of sp³-hybridized carbons (Fsp3) is 0.786. The Labute approximate surface area is 108 Å². The van der Waals surface area contributed by atoms with Crippen molar-refractivity contribution in [1.29, 1.82) is 0 Å². The zero-order valence-electron chi connectivity index (χ0n) is 10.8. The zero-order chi connectivity index (χ0) is 11.8. The molecular weight excluding hydrogens is 228 g/mol. The smallest absolute Gasteiger partial charge is 0.107 e. The minimum atomic E-state index is 0.662. The zero-order valence-corrected chi connectivity index (χ0v) is 11.6. The van der Waals surface area contributed by atoms with Gasteiger partial charge in [-0.25, -0.2) is 4.98 Å². The van der Waals surface area contributed by atoms with Crippen molar-refractivity contribution >= 4 is 11.3 Å². The van der Waals surface area contributed by atoms with Gasteiger partial charge in [0.15, 0.2) is 0 Å². The number of thiazole rings is 1. The quantitative estimate of drug-likeness (QED) is 0.886. The molecule has 2 aliphatic rings. The average molecular weight is 250 g/mol. The molecular formula is C14H22N2S. The van der Waals surface area contributed by atoms with Crippen LogP contribution in [0.3, 0.4) is 0 Å². The van der Waals surface area contributed by atoms with E-state index in [1.165, 1.54) is 30.7 Å². The Morgan fingerprint density at radius 3 is 2.94 bits per heavy atom. The van der Waals surface area contributed by atoms with Crippen LogP contribution in [0.15, 0.2) is 5.38 Å². The number of nitrogens with one attached hydrogen (secondary N) is 1. The summed E-state index contributed by atoms with van der Waals surface area (Å²) in [6, 6.07) is 0.662. The highest BCUT2D eigenvalue weighted by atomic mass is 32.1. The summed E-state index contributed by atoms with van der Waals surface area (Å²) >= 11 is 1.78. The highest BCUT2D eigenvalue weighted by Crippen LogP contribution is 2.49. The molecule has 4 atom stereocenters. The lowest BCUT2D eigenvalue weighted by Gasteiger charge is -2.28. The molecule has 0 radical (unpaired) electrons. The molecule has 0 spiro atoms. The SMILES string of the molecule is Cc1csc(CNC(C)C2CC3CCC2C3)n1. The molecule has 1 aromatic rings. The van der Waals surface area contributed by atoms with Crippen LogP contribution in [-0.4, -0.2) is 11.0 Å². The van der Waals surface area contributed by atoms with Gasteiger partial charge in [-0.05, 0) is 50.9 Å².